The fraction of sp³-hybridized carbons (Fsp3) is 0.217. The van der Waals surface area contributed by atoms with Gasteiger partial charge in [-0.1, -0.05) is 18.2 Å². The van der Waals surface area contributed by atoms with Gasteiger partial charge >= 0.3 is 0 Å². The normalized spacial score (nSPS) is 16.1. The third-order valence-electron chi connectivity index (χ3n) is 5.09. The van der Waals surface area contributed by atoms with Gasteiger partial charge in [0.25, 0.3) is 5.91 Å². The third-order valence-corrected chi connectivity index (χ3v) is 5.09. The monoisotopic (exact) mass is 383 g/mol. The Bertz CT molecular complexity index is 1030. The van der Waals surface area contributed by atoms with Crippen LogP contribution in [0, 0.1) is 11.3 Å². The fourth-order valence-electron chi connectivity index (χ4n) is 3.58. The summed E-state index contributed by atoms with van der Waals surface area (Å²) in [7, 11) is 0. The van der Waals surface area contributed by atoms with Crippen LogP contribution >= 0.6 is 0 Å². The van der Waals surface area contributed by atoms with Crippen molar-refractivity contribution in [1.82, 2.24) is 14.9 Å². The van der Waals surface area contributed by atoms with E-state index >= 15 is 0 Å². The summed E-state index contributed by atoms with van der Waals surface area (Å²) in [4.78, 5) is 23.8. The number of benzene rings is 2. The Balaban J connectivity index is 1.47. The summed E-state index contributed by atoms with van der Waals surface area (Å²) in [5.74, 6) is 0.727. The quantitative estimate of drug-likeness (QED) is 0.733. The lowest BCUT2D eigenvalue weighted by atomic mass is 9.94. The molecule has 1 saturated heterocycles. The minimum absolute atomic E-state index is 0.00381. The van der Waals surface area contributed by atoms with E-state index in [1.807, 2.05) is 41.3 Å². The molecule has 0 radical (unpaired) electrons. The highest BCUT2D eigenvalue weighted by molar-refractivity contribution is 5.94. The number of hydrogen-bond donors (Lipinski definition) is 1. The summed E-state index contributed by atoms with van der Waals surface area (Å²) in [6.07, 6.45) is 3.67. The van der Waals surface area contributed by atoms with Crippen LogP contribution in [-0.2, 0) is 0 Å². The molecule has 6 heteroatoms. The first kappa shape index (κ1) is 18.6. The Morgan fingerprint density at radius 2 is 1.90 bits per heavy atom. The summed E-state index contributed by atoms with van der Waals surface area (Å²) < 4.78 is 0. The van der Waals surface area contributed by atoms with Crippen LogP contribution in [-0.4, -0.2) is 33.9 Å². The van der Waals surface area contributed by atoms with Gasteiger partial charge in [0.05, 0.1) is 17.3 Å². The van der Waals surface area contributed by atoms with Crippen LogP contribution in [0.2, 0.25) is 0 Å². The molecule has 4 rings (SSSR count). The number of carbonyl (C=O) groups is 1. The number of hydrogen-bond acceptors (Lipinski definition) is 5. The molecule has 1 N–H and O–H groups in total. The van der Waals surface area contributed by atoms with Crippen LogP contribution in [0.3, 0.4) is 0 Å². The molecular formula is C23H21N5O. The van der Waals surface area contributed by atoms with Crippen molar-refractivity contribution < 1.29 is 4.79 Å². The van der Waals surface area contributed by atoms with E-state index < -0.39 is 0 Å². The summed E-state index contributed by atoms with van der Waals surface area (Å²) in [6.45, 7) is 1.36. The molecule has 2 heterocycles. The number of carbonyl (C=O) groups excluding carboxylic acids is 1. The Kier molecular flexibility index (Phi) is 5.48. The molecule has 29 heavy (non-hydrogen) atoms. The van der Waals surface area contributed by atoms with Gasteiger partial charge in [-0.3, -0.25) is 4.79 Å². The van der Waals surface area contributed by atoms with Crippen molar-refractivity contribution in [3.8, 4) is 6.07 Å². The predicted molar refractivity (Wildman–Crippen MR) is 111 cm³/mol. The number of para-hydroxylation sites is 1. The van der Waals surface area contributed by atoms with Crippen LogP contribution < -0.4 is 5.32 Å². The number of aromatic nitrogens is 2. The van der Waals surface area contributed by atoms with E-state index in [2.05, 4.69) is 21.4 Å². The molecule has 144 valence electrons. The summed E-state index contributed by atoms with van der Waals surface area (Å²) in [5, 5.41) is 12.2. The number of anilines is 2. The largest absolute Gasteiger partial charge is 0.338 e. The molecule has 1 aliphatic heterocycles. The zero-order valence-electron chi connectivity index (χ0n) is 16.0. The Morgan fingerprint density at radius 3 is 2.66 bits per heavy atom. The first-order valence-corrected chi connectivity index (χ1v) is 9.67. The highest BCUT2D eigenvalue weighted by Crippen LogP contribution is 2.27. The number of likely N-dealkylation sites (tertiary alicyclic amines) is 1. The minimum Gasteiger partial charge on any atom is -0.338 e. The number of rotatable bonds is 4. The molecule has 1 amide bonds. The van der Waals surface area contributed by atoms with Crippen LogP contribution in [0.4, 0.5) is 11.6 Å². The van der Waals surface area contributed by atoms with Gasteiger partial charge in [-0.05, 0) is 55.3 Å². The predicted octanol–water partition coefficient (Wildman–Crippen LogP) is 4.11. The zero-order chi connectivity index (χ0) is 20.1. The molecule has 1 aromatic heterocycles. The van der Waals surface area contributed by atoms with Crippen molar-refractivity contribution in [1.29, 1.82) is 5.26 Å². The van der Waals surface area contributed by atoms with Gasteiger partial charge in [0.2, 0.25) is 5.95 Å². The van der Waals surface area contributed by atoms with Crippen molar-refractivity contribution in [3.63, 3.8) is 0 Å². The Labute approximate surface area is 169 Å². The standard InChI is InChI=1S/C23H21N5O/c24-15-17-8-10-18(11-9-17)22(29)28-14-4-5-19(16-28)21-12-13-25-23(27-21)26-20-6-2-1-3-7-20/h1-3,6-13,19H,4-5,14,16H2,(H,25,26,27). The smallest absolute Gasteiger partial charge is 0.253 e. The highest BCUT2D eigenvalue weighted by Gasteiger charge is 2.26. The van der Waals surface area contributed by atoms with Gasteiger partial charge < -0.3 is 10.2 Å². The van der Waals surface area contributed by atoms with Gasteiger partial charge in [-0.25, -0.2) is 9.97 Å². The molecule has 1 atom stereocenters. The minimum atomic E-state index is -0.00381. The zero-order valence-corrected chi connectivity index (χ0v) is 16.0. The third kappa shape index (κ3) is 4.41. The summed E-state index contributed by atoms with van der Waals surface area (Å²) >= 11 is 0. The van der Waals surface area contributed by atoms with Gasteiger partial charge in [-0.15, -0.1) is 0 Å². The van der Waals surface area contributed by atoms with E-state index in [1.165, 1.54) is 0 Å². The molecule has 0 saturated carbocycles. The molecule has 6 nitrogen and oxygen atoms in total. The number of piperidine rings is 1. The van der Waals surface area contributed by atoms with Crippen molar-refractivity contribution in [2.45, 2.75) is 18.8 Å². The first-order chi connectivity index (χ1) is 14.2. The maximum atomic E-state index is 12.9. The number of nitrogens with zero attached hydrogens (tertiary/aromatic N) is 4. The Morgan fingerprint density at radius 1 is 1.10 bits per heavy atom. The molecular weight excluding hydrogens is 362 g/mol. The lowest BCUT2D eigenvalue weighted by Crippen LogP contribution is -2.39. The van der Waals surface area contributed by atoms with Gasteiger partial charge in [0.15, 0.2) is 0 Å². The second-order valence-electron chi connectivity index (χ2n) is 7.08. The van der Waals surface area contributed by atoms with E-state index in [0.29, 0.717) is 23.6 Å². The summed E-state index contributed by atoms with van der Waals surface area (Å²) in [6, 6.07) is 20.6. The van der Waals surface area contributed by atoms with Crippen LogP contribution in [0.15, 0.2) is 66.9 Å². The summed E-state index contributed by atoms with van der Waals surface area (Å²) in [5.41, 5.74) is 3.04. The van der Waals surface area contributed by atoms with Crippen LogP contribution in [0.1, 0.15) is 40.4 Å². The second-order valence-corrected chi connectivity index (χ2v) is 7.08. The molecule has 0 spiro atoms. The molecule has 1 fully saturated rings. The molecule has 0 bridgehead atoms. The lowest BCUT2D eigenvalue weighted by Gasteiger charge is -2.32. The van der Waals surface area contributed by atoms with E-state index in [-0.39, 0.29) is 11.8 Å². The number of amides is 1. The fourth-order valence-corrected chi connectivity index (χ4v) is 3.58. The van der Waals surface area contributed by atoms with Crippen molar-refractivity contribution in [3.05, 3.63) is 83.7 Å². The maximum absolute atomic E-state index is 12.9. The molecule has 3 aromatic rings. The molecule has 1 aliphatic rings. The van der Waals surface area contributed by atoms with Crippen molar-refractivity contribution in [2.24, 2.45) is 0 Å². The topological polar surface area (TPSA) is 81.9 Å². The van der Waals surface area contributed by atoms with E-state index in [1.54, 1.807) is 30.5 Å². The Hall–Kier alpha value is -3.72. The van der Waals surface area contributed by atoms with E-state index in [4.69, 9.17) is 5.26 Å². The highest BCUT2D eigenvalue weighted by atomic mass is 16.2. The maximum Gasteiger partial charge on any atom is 0.253 e. The molecule has 1 unspecified atom stereocenters. The van der Waals surface area contributed by atoms with E-state index in [0.717, 1.165) is 30.8 Å². The lowest BCUT2D eigenvalue weighted by molar-refractivity contribution is 0.0706. The van der Waals surface area contributed by atoms with Gasteiger partial charge in [-0.2, -0.15) is 5.26 Å². The number of nitrogens with one attached hydrogen (secondary N) is 1. The molecule has 2 aromatic carbocycles. The molecule has 0 aliphatic carbocycles. The van der Waals surface area contributed by atoms with Gasteiger partial charge in [0.1, 0.15) is 0 Å². The van der Waals surface area contributed by atoms with E-state index in [9.17, 15) is 4.79 Å². The van der Waals surface area contributed by atoms with Gasteiger partial charge in [0, 0.05) is 36.5 Å². The second kappa shape index (κ2) is 8.53. The van der Waals surface area contributed by atoms with Crippen molar-refractivity contribution >= 4 is 17.5 Å². The number of nitriles is 1. The first-order valence-electron chi connectivity index (χ1n) is 9.67. The van der Waals surface area contributed by atoms with Crippen molar-refractivity contribution in [2.75, 3.05) is 18.4 Å². The SMILES string of the molecule is N#Cc1ccc(C(=O)N2CCCC(c3ccnc(Nc4ccccc4)n3)C2)cc1. The average Bonchev–Trinajstić information content (AvgIpc) is 2.79. The average molecular weight is 383 g/mol. The van der Waals surface area contributed by atoms with Crippen LogP contribution in [0.25, 0.3) is 0 Å². The van der Waals surface area contributed by atoms with Crippen LogP contribution in [0.5, 0.6) is 0 Å².